The molecule has 1 aromatic heterocycles. The number of aromatic nitrogens is 2. The predicted octanol–water partition coefficient (Wildman–Crippen LogP) is 3.60. The second-order valence-corrected chi connectivity index (χ2v) is 6.48. The summed E-state index contributed by atoms with van der Waals surface area (Å²) in [5, 5.41) is 4.82. The minimum Gasteiger partial charge on any atom is -0.492 e. The van der Waals surface area contributed by atoms with E-state index in [0.717, 1.165) is 24.9 Å². The van der Waals surface area contributed by atoms with Crippen molar-refractivity contribution in [2.24, 2.45) is 7.05 Å². The highest BCUT2D eigenvalue weighted by Crippen LogP contribution is 2.32. The summed E-state index contributed by atoms with van der Waals surface area (Å²) in [7, 11) is 1.90. The molecule has 0 bridgehead atoms. The van der Waals surface area contributed by atoms with E-state index in [1.165, 1.54) is 0 Å². The molecule has 0 unspecified atom stereocenters. The van der Waals surface area contributed by atoms with Crippen molar-refractivity contribution in [2.45, 2.75) is 31.7 Å². The third-order valence-electron chi connectivity index (χ3n) is 4.31. The monoisotopic (exact) mass is 347 g/mol. The van der Waals surface area contributed by atoms with Crippen LogP contribution in [0.5, 0.6) is 5.75 Å². The van der Waals surface area contributed by atoms with Crippen LogP contribution in [0.4, 0.5) is 0 Å². The Morgan fingerprint density at radius 2 is 2.25 bits per heavy atom. The van der Waals surface area contributed by atoms with E-state index in [2.05, 4.69) is 5.10 Å². The first-order chi connectivity index (χ1) is 11.6. The average Bonchev–Trinajstić information content (AvgIpc) is 3.21. The van der Waals surface area contributed by atoms with Crippen molar-refractivity contribution in [3.8, 4) is 5.75 Å². The Balaban J connectivity index is 1.49. The number of hydrogen-bond donors (Lipinski definition) is 0. The summed E-state index contributed by atoms with van der Waals surface area (Å²) in [6, 6.07) is 7.55. The number of hydrogen-bond acceptors (Lipinski definition) is 3. The van der Waals surface area contributed by atoms with E-state index in [1.807, 2.05) is 42.5 Å². The molecule has 0 radical (unpaired) electrons. The van der Waals surface area contributed by atoms with E-state index in [-0.39, 0.29) is 11.9 Å². The van der Waals surface area contributed by atoms with E-state index in [1.54, 1.807) is 10.7 Å². The normalized spacial score (nSPS) is 17.2. The predicted molar refractivity (Wildman–Crippen MR) is 93.1 cm³/mol. The zero-order chi connectivity index (χ0) is 16.9. The maximum absolute atomic E-state index is 12.5. The van der Waals surface area contributed by atoms with Crippen molar-refractivity contribution >= 4 is 17.5 Å². The number of ether oxygens (including phenoxy) is 1. The fourth-order valence-electron chi connectivity index (χ4n) is 3.13. The molecule has 1 amide bonds. The van der Waals surface area contributed by atoms with E-state index in [9.17, 15) is 4.79 Å². The van der Waals surface area contributed by atoms with Gasteiger partial charge in [0.15, 0.2) is 0 Å². The van der Waals surface area contributed by atoms with Crippen molar-refractivity contribution in [3.63, 3.8) is 0 Å². The highest BCUT2D eigenvalue weighted by atomic mass is 35.5. The number of likely N-dealkylation sites (tertiary alicyclic amines) is 1. The smallest absolute Gasteiger partial charge is 0.223 e. The first-order valence-corrected chi connectivity index (χ1v) is 8.68. The van der Waals surface area contributed by atoms with E-state index < -0.39 is 0 Å². The van der Waals surface area contributed by atoms with Gasteiger partial charge in [-0.15, -0.1) is 0 Å². The lowest BCUT2D eigenvalue weighted by molar-refractivity contribution is -0.132. The highest BCUT2D eigenvalue weighted by Gasteiger charge is 2.30. The van der Waals surface area contributed by atoms with Crippen molar-refractivity contribution in [3.05, 3.63) is 47.2 Å². The molecule has 1 saturated heterocycles. The summed E-state index contributed by atoms with van der Waals surface area (Å²) in [6.07, 6.45) is 7.07. The average molecular weight is 348 g/mol. The van der Waals surface area contributed by atoms with Gasteiger partial charge in [0.05, 0.1) is 23.9 Å². The molecule has 3 rings (SSSR count). The second kappa shape index (κ2) is 7.71. The molecule has 128 valence electrons. The third-order valence-corrected chi connectivity index (χ3v) is 4.62. The number of benzene rings is 1. The molecule has 2 heterocycles. The Labute approximate surface area is 147 Å². The SMILES string of the molecule is Cn1cc([C@H]2CCCN2C(=O)CCCOc2ccccc2Cl)cn1. The van der Waals surface area contributed by atoms with Crippen LogP contribution in [0.15, 0.2) is 36.7 Å². The maximum atomic E-state index is 12.5. The summed E-state index contributed by atoms with van der Waals surface area (Å²) in [6.45, 7) is 1.31. The minimum absolute atomic E-state index is 0.163. The van der Waals surface area contributed by atoms with Gasteiger partial charge < -0.3 is 9.64 Å². The van der Waals surface area contributed by atoms with Gasteiger partial charge in [0.1, 0.15) is 5.75 Å². The molecule has 1 atom stereocenters. The third kappa shape index (κ3) is 3.90. The number of amides is 1. The number of nitrogens with zero attached hydrogens (tertiary/aromatic N) is 3. The van der Waals surface area contributed by atoms with Crippen molar-refractivity contribution in [1.29, 1.82) is 0 Å². The van der Waals surface area contributed by atoms with Gasteiger partial charge in [0, 0.05) is 31.8 Å². The first kappa shape index (κ1) is 16.8. The Morgan fingerprint density at radius 3 is 3.00 bits per heavy atom. The molecule has 5 nitrogen and oxygen atoms in total. The number of para-hydroxylation sites is 1. The summed E-state index contributed by atoms with van der Waals surface area (Å²) in [5.41, 5.74) is 1.12. The van der Waals surface area contributed by atoms with Crippen LogP contribution in [-0.4, -0.2) is 33.7 Å². The summed E-state index contributed by atoms with van der Waals surface area (Å²) in [4.78, 5) is 14.5. The lowest BCUT2D eigenvalue weighted by atomic mass is 10.1. The minimum atomic E-state index is 0.163. The summed E-state index contributed by atoms with van der Waals surface area (Å²) < 4.78 is 7.43. The molecule has 0 N–H and O–H groups in total. The number of carbonyl (C=O) groups excluding carboxylic acids is 1. The Morgan fingerprint density at radius 1 is 1.42 bits per heavy atom. The number of halogens is 1. The van der Waals surface area contributed by atoms with Gasteiger partial charge in [-0.05, 0) is 31.4 Å². The topological polar surface area (TPSA) is 47.4 Å². The van der Waals surface area contributed by atoms with Gasteiger partial charge in [0.25, 0.3) is 0 Å². The molecule has 1 aliphatic rings. The molecule has 1 fully saturated rings. The zero-order valence-corrected chi connectivity index (χ0v) is 14.6. The molecule has 6 heteroatoms. The molecular weight excluding hydrogens is 326 g/mol. The van der Waals surface area contributed by atoms with Crippen LogP contribution in [0, 0.1) is 0 Å². The lowest BCUT2D eigenvalue weighted by Crippen LogP contribution is -2.30. The quantitative estimate of drug-likeness (QED) is 0.750. The lowest BCUT2D eigenvalue weighted by Gasteiger charge is -2.24. The molecule has 0 spiro atoms. The number of aryl methyl sites for hydroxylation is 1. The van der Waals surface area contributed by atoms with Gasteiger partial charge in [-0.3, -0.25) is 9.48 Å². The van der Waals surface area contributed by atoms with E-state index >= 15 is 0 Å². The first-order valence-electron chi connectivity index (χ1n) is 8.30. The molecule has 2 aromatic rings. The maximum Gasteiger partial charge on any atom is 0.223 e. The van der Waals surface area contributed by atoms with E-state index in [0.29, 0.717) is 30.2 Å². The molecular formula is C18H22ClN3O2. The Bertz CT molecular complexity index is 701. The molecule has 1 aromatic carbocycles. The number of carbonyl (C=O) groups is 1. The second-order valence-electron chi connectivity index (χ2n) is 6.07. The molecule has 0 aliphatic carbocycles. The van der Waals surface area contributed by atoms with Gasteiger partial charge in [0.2, 0.25) is 5.91 Å². The summed E-state index contributed by atoms with van der Waals surface area (Å²) >= 11 is 6.05. The van der Waals surface area contributed by atoms with Crippen LogP contribution < -0.4 is 4.74 Å². The summed E-state index contributed by atoms with van der Waals surface area (Å²) in [5.74, 6) is 0.852. The fraction of sp³-hybridized carbons (Fsp3) is 0.444. The zero-order valence-electron chi connectivity index (χ0n) is 13.8. The Hall–Kier alpha value is -2.01. The van der Waals surface area contributed by atoms with Gasteiger partial charge in [-0.25, -0.2) is 0 Å². The standard InChI is InChI=1S/C18H22ClN3O2/c1-21-13-14(12-20-21)16-7-4-10-22(16)18(23)9-5-11-24-17-8-3-2-6-15(17)19/h2-3,6,8,12-13,16H,4-5,7,9-11H2,1H3/t16-/m1/s1. The largest absolute Gasteiger partial charge is 0.492 e. The molecule has 1 aliphatic heterocycles. The van der Waals surface area contributed by atoms with Gasteiger partial charge in [-0.2, -0.15) is 5.10 Å². The van der Waals surface area contributed by atoms with Crippen LogP contribution in [0.1, 0.15) is 37.3 Å². The Kier molecular flexibility index (Phi) is 5.41. The molecule has 0 saturated carbocycles. The van der Waals surface area contributed by atoms with Gasteiger partial charge in [-0.1, -0.05) is 23.7 Å². The van der Waals surface area contributed by atoms with Crippen LogP contribution in [-0.2, 0) is 11.8 Å². The van der Waals surface area contributed by atoms with Crippen molar-refractivity contribution in [1.82, 2.24) is 14.7 Å². The van der Waals surface area contributed by atoms with Crippen molar-refractivity contribution < 1.29 is 9.53 Å². The van der Waals surface area contributed by atoms with Crippen molar-refractivity contribution in [2.75, 3.05) is 13.2 Å². The number of rotatable bonds is 6. The van der Waals surface area contributed by atoms with Crippen LogP contribution in [0.3, 0.4) is 0 Å². The van der Waals surface area contributed by atoms with Gasteiger partial charge >= 0.3 is 0 Å². The fourth-order valence-corrected chi connectivity index (χ4v) is 3.33. The van der Waals surface area contributed by atoms with Crippen LogP contribution in [0.2, 0.25) is 5.02 Å². The molecule has 24 heavy (non-hydrogen) atoms. The van der Waals surface area contributed by atoms with E-state index in [4.69, 9.17) is 16.3 Å². The van der Waals surface area contributed by atoms with Crippen LogP contribution >= 0.6 is 11.6 Å². The highest BCUT2D eigenvalue weighted by molar-refractivity contribution is 6.32. The van der Waals surface area contributed by atoms with Crippen LogP contribution in [0.25, 0.3) is 0 Å².